The molecule has 98 valence electrons. The van der Waals surface area contributed by atoms with Gasteiger partial charge in [-0.05, 0) is 33.6 Å². The first-order chi connectivity index (χ1) is 7.84. The second kappa shape index (κ2) is 5.38. The smallest absolute Gasteiger partial charge is 0.315 e. The zero-order valence-electron chi connectivity index (χ0n) is 10.7. The summed E-state index contributed by atoms with van der Waals surface area (Å²) in [6.07, 6.45) is 4.25. The van der Waals surface area contributed by atoms with Gasteiger partial charge < -0.3 is 15.7 Å². The van der Waals surface area contributed by atoms with E-state index in [-0.39, 0.29) is 17.6 Å². The third-order valence-electron chi connectivity index (χ3n) is 3.62. The first-order valence-electron chi connectivity index (χ1n) is 6.15. The molecule has 0 bridgehead atoms. The Morgan fingerprint density at radius 2 is 1.76 bits per heavy atom. The fourth-order valence-electron chi connectivity index (χ4n) is 2.14. The Morgan fingerprint density at radius 1 is 1.24 bits per heavy atom. The zero-order chi connectivity index (χ0) is 13.1. The van der Waals surface area contributed by atoms with E-state index in [0.29, 0.717) is 0 Å². The van der Waals surface area contributed by atoms with E-state index in [1.54, 1.807) is 13.8 Å². The summed E-state index contributed by atoms with van der Waals surface area (Å²) >= 11 is 0. The van der Waals surface area contributed by atoms with Gasteiger partial charge in [0.05, 0.1) is 5.92 Å². The van der Waals surface area contributed by atoms with E-state index in [4.69, 9.17) is 5.11 Å². The molecular formula is C12H22N2O3. The van der Waals surface area contributed by atoms with Gasteiger partial charge in [-0.25, -0.2) is 4.79 Å². The second-order valence-electron chi connectivity index (χ2n) is 5.28. The van der Waals surface area contributed by atoms with Gasteiger partial charge in [-0.2, -0.15) is 0 Å². The Labute approximate surface area is 102 Å². The normalized spacial score (nSPS) is 21.6. The van der Waals surface area contributed by atoms with Gasteiger partial charge in [0, 0.05) is 11.6 Å². The number of carbonyl (C=O) groups is 2. The molecule has 1 rings (SSSR count). The van der Waals surface area contributed by atoms with Crippen LogP contribution in [0.15, 0.2) is 0 Å². The monoisotopic (exact) mass is 242 g/mol. The summed E-state index contributed by atoms with van der Waals surface area (Å²) in [6, 6.07) is -0.646. The molecule has 0 aromatic rings. The number of urea groups is 1. The van der Waals surface area contributed by atoms with E-state index >= 15 is 0 Å². The van der Waals surface area contributed by atoms with Crippen molar-refractivity contribution < 1.29 is 14.7 Å². The van der Waals surface area contributed by atoms with Gasteiger partial charge in [0.15, 0.2) is 0 Å². The Morgan fingerprint density at radius 3 is 2.24 bits per heavy atom. The van der Waals surface area contributed by atoms with Gasteiger partial charge in [-0.1, -0.05) is 12.8 Å². The van der Waals surface area contributed by atoms with Gasteiger partial charge in [-0.15, -0.1) is 0 Å². The molecule has 2 atom stereocenters. The van der Waals surface area contributed by atoms with Crippen molar-refractivity contribution in [2.75, 3.05) is 0 Å². The molecule has 0 radical (unpaired) electrons. The van der Waals surface area contributed by atoms with E-state index in [1.807, 2.05) is 6.92 Å². The minimum absolute atomic E-state index is 0.129. The van der Waals surface area contributed by atoms with Gasteiger partial charge in [0.2, 0.25) is 0 Å². The molecule has 1 aliphatic carbocycles. The lowest BCUT2D eigenvalue weighted by Crippen LogP contribution is -2.52. The van der Waals surface area contributed by atoms with Crippen LogP contribution in [-0.4, -0.2) is 28.7 Å². The second-order valence-corrected chi connectivity index (χ2v) is 5.28. The fraction of sp³-hybridized carbons (Fsp3) is 0.833. The van der Waals surface area contributed by atoms with E-state index < -0.39 is 11.9 Å². The highest BCUT2D eigenvalue weighted by atomic mass is 16.4. The third-order valence-corrected chi connectivity index (χ3v) is 3.62. The Kier molecular flexibility index (Phi) is 4.37. The summed E-state index contributed by atoms with van der Waals surface area (Å²) < 4.78 is 0. The topological polar surface area (TPSA) is 78.4 Å². The first kappa shape index (κ1) is 13.8. The average molecular weight is 242 g/mol. The SMILES string of the molecule is CC(NC(=O)NC1(C)CCCC1)C(C)C(=O)O. The lowest BCUT2D eigenvalue weighted by atomic mass is 10.0. The molecule has 0 aromatic heterocycles. The summed E-state index contributed by atoms with van der Waals surface area (Å²) in [5.41, 5.74) is -0.129. The summed E-state index contributed by atoms with van der Waals surface area (Å²) in [5.74, 6) is -1.48. The molecular weight excluding hydrogens is 220 g/mol. The molecule has 1 fully saturated rings. The maximum Gasteiger partial charge on any atom is 0.315 e. The largest absolute Gasteiger partial charge is 0.481 e. The summed E-state index contributed by atoms with van der Waals surface area (Å²) in [4.78, 5) is 22.5. The summed E-state index contributed by atoms with van der Waals surface area (Å²) in [6.45, 7) is 5.32. The summed E-state index contributed by atoms with van der Waals surface area (Å²) in [5, 5.41) is 14.4. The van der Waals surface area contributed by atoms with Gasteiger partial charge in [0.1, 0.15) is 0 Å². The number of amides is 2. The quantitative estimate of drug-likeness (QED) is 0.702. The molecule has 17 heavy (non-hydrogen) atoms. The summed E-state index contributed by atoms with van der Waals surface area (Å²) in [7, 11) is 0. The average Bonchev–Trinajstić information content (AvgIpc) is 2.62. The fourth-order valence-corrected chi connectivity index (χ4v) is 2.14. The van der Waals surface area contributed by atoms with Crippen molar-refractivity contribution in [2.24, 2.45) is 5.92 Å². The molecule has 1 aliphatic rings. The van der Waals surface area contributed by atoms with Crippen LogP contribution in [0, 0.1) is 5.92 Å². The lowest BCUT2D eigenvalue weighted by molar-refractivity contribution is -0.141. The molecule has 0 aromatic carbocycles. The van der Waals surface area contributed by atoms with Crippen LogP contribution in [0.3, 0.4) is 0 Å². The Hall–Kier alpha value is -1.26. The Bertz CT molecular complexity index is 298. The highest BCUT2D eigenvalue weighted by Gasteiger charge is 2.31. The van der Waals surface area contributed by atoms with Crippen molar-refractivity contribution in [1.82, 2.24) is 10.6 Å². The van der Waals surface area contributed by atoms with Gasteiger partial charge >= 0.3 is 12.0 Å². The van der Waals surface area contributed by atoms with Gasteiger partial charge in [-0.3, -0.25) is 4.79 Å². The molecule has 0 aliphatic heterocycles. The number of hydrogen-bond acceptors (Lipinski definition) is 2. The first-order valence-corrected chi connectivity index (χ1v) is 6.15. The van der Waals surface area contributed by atoms with E-state index in [9.17, 15) is 9.59 Å². The maximum absolute atomic E-state index is 11.7. The molecule has 3 N–H and O–H groups in total. The van der Waals surface area contributed by atoms with E-state index in [1.165, 1.54) is 0 Å². The minimum Gasteiger partial charge on any atom is -0.481 e. The van der Waals surface area contributed by atoms with Crippen molar-refractivity contribution in [3.8, 4) is 0 Å². The molecule has 5 heteroatoms. The molecule has 5 nitrogen and oxygen atoms in total. The minimum atomic E-state index is -0.898. The number of aliphatic carboxylic acids is 1. The number of rotatable bonds is 4. The maximum atomic E-state index is 11.7. The van der Waals surface area contributed by atoms with Crippen LogP contribution in [0.5, 0.6) is 0 Å². The molecule has 0 saturated heterocycles. The van der Waals surface area contributed by atoms with Crippen molar-refractivity contribution in [3.05, 3.63) is 0 Å². The highest BCUT2D eigenvalue weighted by Crippen LogP contribution is 2.28. The van der Waals surface area contributed by atoms with Crippen molar-refractivity contribution >= 4 is 12.0 Å². The van der Waals surface area contributed by atoms with Crippen LogP contribution in [0.4, 0.5) is 4.79 Å². The van der Waals surface area contributed by atoms with Crippen LogP contribution in [0.25, 0.3) is 0 Å². The van der Waals surface area contributed by atoms with E-state index in [2.05, 4.69) is 10.6 Å². The molecule has 0 heterocycles. The predicted octanol–water partition coefficient (Wildman–Crippen LogP) is 1.73. The lowest BCUT2D eigenvalue weighted by Gasteiger charge is -2.27. The van der Waals surface area contributed by atoms with Crippen molar-refractivity contribution in [1.29, 1.82) is 0 Å². The molecule has 0 spiro atoms. The van der Waals surface area contributed by atoms with Gasteiger partial charge in [0.25, 0.3) is 0 Å². The number of carboxylic acid groups (broad SMARTS) is 1. The number of carboxylic acids is 1. The highest BCUT2D eigenvalue weighted by molar-refractivity contribution is 5.77. The Balaban J connectivity index is 2.41. The standard InChI is InChI=1S/C12H22N2O3/c1-8(10(15)16)9(2)13-11(17)14-12(3)6-4-5-7-12/h8-9H,4-7H2,1-3H3,(H,15,16)(H2,13,14,17). The number of nitrogens with one attached hydrogen (secondary N) is 2. The number of hydrogen-bond donors (Lipinski definition) is 3. The zero-order valence-corrected chi connectivity index (χ0v) is 10.7. The van der Waals surface area contributed by atoms with Crippen molar-refractivity contribution in [3.63, 3.8) is 0 Å². The third kappa shape index (κ3) is 3.91. The molecule has 2 unspecified atom stereocenters. The van der Waals surface area contributed by atoms with Crippen LogP contribution < -0.4 is 10.6 Å². The van der Waals surface area contributed by atoms with Crippen LogP contribution in [-0.2, 0) is 4.79 Å². The van der Waals surface area contributed by atoms with Crippen LogP contribution in [0.1, 0.15) is 46.5 Å². The van der Waals surface area contributed by atoms with Crippen molar-refractivity contribution in [2.45, 2.75) is 58.0 Å². The predicted molar refractivity (Wildman–Crippen MR) is 64.8 cm³/mol. The number of carbonyl (C=O) groups excluding carboxylic acids is 1. The van der Waals surface area contributed by atoms with Crippen LogP contribution >= 0.6 is 0 Å². The van der Waals surface area contributed by atoms with Crippen LogP contribution in [0.2, 0.25) is 0 Å². The van der Waals surface area contributed by atoms with E-state index in [0.717, 1.165) is 25.7 Å². The molecule has 2 amide bonds. The molecule has 1 saturated carbocycles.